The highest BCUT2D eigenvalue weighted by molar-refractivity contribution is 7.92. The van der Waals surface area contributed by atoms with Crippen LogP contribution in [0.1, 0.15) is 21.8 Å². The Balaban J connectivity index is 1.89. The number of sulfonamides is 1. The van der Waals surface area contributed by atoms with Gasteiger partial charge >= 0.3 is 7.60 Å². The van der Waals surface area contributed by atoms with Crippen LogP contribution in [0.15, 0.2) is 57.6 Å². The number of halogens is 1. The number of hydrogen-bond donors (Lipinski definition) is 5. The first-order chi connectivity index (χ1) is 16.1. The van der Waals surface area contributed by atoms with E-state index in [0.29, 0.717) is 17.4 Å². The maximum Gasteiger partial charge on any atom is 0.347 e. The average molecular weight is 563 g/mol. The number of nitriles is 1. The van der Waals surface area contributed by atoms with Gasteiger partial charge in [-0.2, -0.15) is 9.98 Å². The maximum atomic E-state index is 14.0. The van der Waals surface area contributed by atoms with Gasteiger partial charge in [-0.05, 0) is 42.0 Å². The fourth-order valence-corrected chi connectivity index (χ4v) is 8.52. The normalized spacial score (nSPS) is 13.3. The van der Waals surface area contributed by atoms with Gasteiger partial charge in [-0.3, -0.25) is 4.57 Å². The molecule has 3 rings (SSSR count). The summed E-state index contributed by atoms with van der Waals surface area (Å²) in [6.45, 7) is 0. The molecular formula is C19H16FN2O9PS3. The monoisotopic (exact) mass is 562 g/mol. The zero-order chi connectivity index (χ0) is 26.2. The SMILES string of the molecule is N#Cc1ccc(C(NS(=O)(=O)c2ccc(CS(=O)(=O)c3ccc(O)c(O)c3)s2)P(=O)(O)O)cc1F. The molecule has 186 valence electrons. The molecule has 1 atom stereocenters. The second-order valence-corrected chi connectivity index (χ2v) is 13.9. The lowest BCUT2D eigenvalue weighted by atomic mass is 10.1. The van der Waals surface area contributed by atoms with Crippen LogP contribution in [-0.2, 0) is 30.2 Å². The van der Waals surface area contributed by atoms with Gasteiger partial charge < -0.3 is 20.0 Å². The molecule has 0 radical (unpaired) electrons. The Bertz CT molecular complexity index is 1590. The Kier molecular flexibility index (Phi) is 7.39. The molecule has 0 aliphatic heterocycles. The maximum absolute atomic E-state index is 14.0. The largest absolute Gasteiger partial charge is 0.504 e. The highest BCUT2D eigenvalue weighted by Crippen LogP contribution is 2.51. The Morgan fingerprint density at radius 2 is 1.71 bits per heavy atom. The highest BCUT2D eigenvalue weighted by atomic mass is 32.2. The average Bonchev–Trinajstić information content (AvgIpc) is 3.22. The number of rotatable bonds is 8. The molecule has 0 saturated carbocycles. The summed E-state index contributed by atoms with van der Waals surface area (Å²) >= 11 is 0.514. The van der Waals surface area contributed by atoms with E-state index in [1.807, 2.05) is 4.72 Å². The van der Waals surface area contributed by atoms with Gasteiger partial charge in [0.2, 0.25) is 0 Å². The molecule has 35 heavy (non-hydrogen) atoms. The van der Waals surface area contributed by atoms with Crippen molar-refractivity contribution in [3.63, 3.8) is 0 Å². The van der Waals surface area contributed by atoms with Crippen molar-refractivity contribution >= 4 is 38.8 Å². The summed E-state index contributed by atoms with van der Waals surface area (Å²) in [5.41, 5.74) is -0.836. The summed E-state index contributed by atoms with van der Waals surface area (Å²) in [5, 5.41) is 27.7. The number of nitrogens with zero attached hydrogens (tertiary/aromatic N) is 1. The zero-order valence-electron chi connectivity index (χ0n) is 17.2. The van der Waals surface area contributed by atoms with Crippen LogP contribution in [0, 0.1) is 17.1 Å². The van der Waals surface area contributed by atoms with Gasteiger partial charge in [-0.1, -0.05) is 6.07 Å². The van der Waals surface area contributed by atoms with Crippen molar-refractivity contribution in [1.82, 2.24) is 4.72 Å². The summed E-state index contributed by atoms with van der Waals surface area (Å²) in [4.78, 5) is 19.1. The van der Waals surface area contributed by atoms with Crippen LogP contribution in [0.25, 0.3) is 0 Å². The number of phenols is 2. The fourth-order valence-electron chi connectivity index (χ4n) is 2.88. The number of benzene rings is 2. The number of aromatic hydroxyl groups is 2. The van der Waals surface area contributed by atoms with Crippen LogP contribution in [0.2, 0.25) is 0 Å². The molecule has 0 aliphatic rings. The molecule has 0 spiro atoms. The smallest absolute Gasteiger partial charge is 0.347 e. The highest BCUT2D eigenvalue weighted by Gasteiger charge is 2.36. The quantitative estimate of drug-likeness (QED) is 0.200. The van der Waals surface area contributed by atoms with E-state index >= 15 is 0 Å². The molecule has 0 amide bonds. The molecular weight excluding hydrogens is 546 g/mol. The molecule has 11 nitrogen and oxygen atoms in total. The van der Waals surface area contributed by atoms with E-state index < -0.39 is 71.6 Å². The van der Waals surface area contributed by atoms with E-state index in [-0.39, 0.29) is 9.77 Å². The fraction of sp³-hybridized carbons (Fsp3) is 0.105. The van der Waals surface area contributed by atoms with E-state index in [9.17, 15) is 45.8 Å². The van der Waals surface area contributed by atoms with Crippen molar-refractivity contribution in [2.24, 2.45) is 0 Å². The minimum atomic E-state index is -5.21. The first-order valence-corrected chi connectivity index (χ1v) is 14.9. The zero-order valence-corrected chi connectivity index (χ0v) is 20.6. The number of phenolic OH excluding ortho intramolecular Hbond substituents is 2. The Morgan fingerprint density at radius 3 is 2.29 bits per heavy atom. The van der Waals surface area contributed by atoms with Crippen molar-refractivity contribution < 1.29 is 45.8 Å². The molecule has 0 aliphatic carbocycles. The van der Waals surface area contributed by atoms with Gasteiger partial charge in [0, 0.05) is 10.9 Å². The predicted molar refractivity (Wildman–Crippen MR) is 121 cm³/mol. The van der Waals surface area contributed by atoms with Crippen LogP contribution < -0.4 is 4.72 Å². The second kappa shape index (κ2) is 9.67. The van der Waals surface area contributed by atoms with Gasteiger partial charge in [0.1, 0.15) is 21.9 Å². The molecule has 1 unspecified atom stereocenters. The Labute approximate surface area is 202 Å². The van der Waals surface area contributed by atoms with Crippen LogP contribution in [-0.4, -0.2) is 36.8 Å². The third-order valence-corrected chi connectivity index (χ3v) is 10.7. The van der Waals surface area contributed by atoms with Crippen LogP contribution in [0.5, 0.6) is 11.5 Å². The number of thiophene rings is 1. The van der Waals surface area contributed by atoms with Gasteiger partial charge in [-0.25, -0.2) is 21.2 Å². The minimum absolute atomic E-state index is 0.0510. The summed E-state index contributed by atoms with van der Waals surface area (Å²) in [5.74, 6) is -5.13. The molecule has 1 aromatic heterocycles. The van der Waals surface area contributed by atoms with Crippen LogP contribution in [0.4, 0.5) is 4.39 Å². The summed E-state index contributed by atoms with van der Waals surface area (Å²) < 4.78 is 78.1. The summed E-state index contributed by atoms with van der Waals surface area (Å²) in [6.07, 6.45) is 0. The molecule has 0 bridgehead atoms. The van der Waals surface area contributed by atoms with Crippen LogP contribution in [0.3, 0.4) is 0 Å². The number of hydrogen-bond acceptors (Lipinski definition) is 9. The Hall–Kier alpha value is -2.83. The first kappa shape index (κ1) is 26.8. The van der Waals surface area contributed by atoms with Crippen LogP contribution >= 0.6 is 18.9 Å². The number of sulfone groups is 1. The Morgan fingerprint density at radius 1 is 1.03 bits per heavy atom. The lowest BCUT2D eigenvalue weighted by Gasteiger charge is -2.20. The van der Waals surface area contributed by atoms with Gasteiger partial charge in [0.05, 0.1) is 16.2 Å². The predicted octanol–water partition coefficient (Wildman–Crippen LogP) is 2.30. The molecule has 16 heteroatoms. The van der Waals surface area contributed by atoms with Crippen molar-refractivity contribution in [3.05, 3.63) is 70.4 Å². The molecule has 1 heterocycles. The van der Waals surface area contributed by atoms with Crippen molar-refractivity contribution in [1.29, 1.82) is 5.26 Å². The van der Waals surface area contributed by atoms with Crippen molar-refractivity contribution in [2.75, 3.05) is 0 Å². The summed E-state index contributed by atoms with van der Waals surface area (Å²) in [6, 6.07) is 9.17. The third-order valence-electron chi connectivity index (χ3n) is 4.57. The standard InChI is InChI=1S/C19H16FN2O9PS3/c20-15-7-11(1-2-12(15)9-21)19(32(25,26)27)22-35(30,31)18-6-3-13(33-18)10-34(28,29)14-4-5-16(23)17(24)8-14/h1-8,19,22-24H,10H2,(H2,25,26,27). The van der Waals surface area contributed by atoms with E-state index in [2.05, 4.69) is 0 Å². The molecule has 2 aromatic carbocycles. The van der Waals surface area contributed by atoms with Gasteiger partial charge in [-0.15, -0.1) is 11.3 Å². The third kappa shape index (κ3) is 6.06. The van der Waals surface area contributed by atoms with Gasteiger partial charge in [0.25, 0.3) is 10.0 Å². The van der Waals surface area contributed by atoms with Crippen molar-refractivity contribution in [2.45, 2.75) is 20.6 Å². The molecule has 3 aromatic rings. The number of nitrogens with one attached hydrogen (secondary N) is 1. The second-order valence-electron chi connectivity index (χ2n) is 7.09. The molecule has 0 saturated heterocycles. The minimum Gasteiger partial charge on any atom is -0.504 e. The topological polar surface area (TPSA) is 202 Å². The summed E-state index contributed by atoms with van der Waals surface area (Å²) in [7, 11) is -13.9. The van der Waals surface area contributed by atoms with E-state index in [4.69, 9.17) is 5.26 Å². The lowest BCUT2D eigenvalue weighted by Crippen LogP contribution is -2.28. The van der Waals surface area contributed by atoms with Gasteiger partial charge in [0.15, 0.2) is 21.3 Å². The molecule has 0 fully saturated rings. The lowest BCUT2D eigenvalue weighted by molar-refractivity contribution is 0.355. The van der Waals surface area contributed by atoms with E-state index in [0.717, 1.165) is 36.4 Å². The van der Waals surface area contributed by atoms with Crippen molar-refractivity contribution in [3.8, 4) is 17.6 Å². The van der Waals surface area contributed by atoms with E-state index in [1.165, 1.54) is 12.1 Å². The molecule has 5 N–H and O–H groups in total. The first-order valence-electron chi connectivity index (χ1n) is 9.24. The van der Waals surface area contributed by atoms with E-state index in [1.54, 1.807) is 0 Å².